The maximum atomic E-state index is 14.3. The lowest BCUT2D eigenvalue weighted by Gasteiger charge is -2.20. The maximum Gasteiger partial charge on any atom is 0.290 e. The summed E-state index contributed by atoms with van der Waals surface area (Å²) in [6, 6.07) is 0.757. The summed E-state index contributed by atoms with van der Waals surface area (Å²) in [5, 5.41) is -0.740. The Kier molecular flexibility index (Phi) is 6.31. The summed E-state index contributed by atoms with van der Waals surface area (Å²) in [6.45, 7) is 1.33. The zero-order chi connectivity index (χ0) is 21.4. The van der Waals surface area contributed by atoms with Gasteiger partial charge >= 0.3 is 0 Å². The summed E-state index contributed by atoms with van der Waals surface area (Å²) < 4.78 is 94.1. The number of carbonyl (C=O) groups is 1. The van der Waals surface area contributed by atoms with Gasteiger partial charge in [-0.25, -0.2) is 22.0 Å². The highest BCUT2D eigenvalue weighted by Crippen LogP contribution is 2.36. The van der Waals surface area contributed by atoms with E-state index >= 15 is 0 Å². The van der Waals surface area contributed by atoms with Crippen molar-refractivity contribution in [3.8, 4) is 11.1 Å². The SMILES string of the molecule is CCC(=O)N(OC)S(=O)(=O)c1cc(-c2c(F)cc(F)c(F)c2F)c(F)cc1Cl. The van der Waals surface area contributed by atoms with E-state index in [4.69, 9.17) is 11.6 Å². The van der Waals surface area contributed by atoms with E-state index in [0.717, 1.165) is 7.11 Å². The molecule has 0 aliphatic carbocycles. The van der Waals surface area contributed by atoms with E-state index in [1.165, 1.54) is 6.92 Å². The molecule has 0 atom stereocenters. The van der Waals surface area contributed by atoms with Crippen LogP contribution in [-0.2, 0) is 19.7 Å². The van der Waals surface area contributed by atoms with E-state index in [-0.39, 0.29) is 17.0 Å². The molecule has 5 nitrogen and oxygen atoms in total. The van der Waals surface area contributed by atoms with Crippen molar-refractivity contribution < 1.29 is 40.0 Å². The van der Waals surface area contributed by atoms with Gasteiger partial charge in [0.1, 0.15) is 16.5 Å². The van der Waals surface area contributed by atoms with Crippen LogP contribution < -0.4 is 0 Å². The first-order valence-electron chi connectivity index (χ1n) is 7.42. The zero-order valence-electron chi connectivity index (χ0n) is 14.2. The molecular weight excluding hydrogens is 433 g/mol. The molecule has 0 aliphatic rings. The molecule has 12 heteroatoms. The van der Waals surface area contributed by atoms with Crippen LogP contribution in [0.2, 0.25) is 5.02 Å². The third-order valence-corrected chi connectivity index (χ3v) is 5.68. The van der Waals surface area contributed by atoms with Gasteiger partial charge in [-0.3, -0.25) is 9.63 Å². The molecule has 0 aromatic heterocycles. The molecule has 0 fully saturated rings. The van der Waals surface area contributed by atoms with E-state index in [1.54, 1.807) is 0 Å². The highest BCUT2D eigenvalue weighted by molar-refractivity contribution is 7.89. The van der Waals surface area contributed by atoms with Gasteiger partial charge in [-0.2, -0.15) is 8.42 Å². The predicted octanol–water partition coefficient (Wildman–Crippen LogP) is 4.19. The number of nitrogens with zero attached hydrogens (tertiary/aromatic N) is 1. The molecule has 0 heterocycles. The van der Waals surface area contributed by atoms with Crippen LogP contribution in [0.15, 0.2) is 23.1 Å². The largest absolute Gasteiger partial charge is 0.290 e. The lowest BCUT2D eigenvalue weighted by molar-refractivity contribution is -0.151. The van der Waals surface area contributed by atoms with Crippen LogP contribution in [0, 0.1) is 29.1 Å². The van der Waals surface area contributed by atoms with Gasteiger partial charge in [0, 0.05) is 18.1 Å². The fraction of sp³-hybridized carbons (Fsp3) is 0.188. The second kappa shape index (κ2) is 8.02. The molecule has 0 unspecified atom stereocenters. The molecule has 2 aromatic carbocycles. The lowest BCUT2D eigenvalue weighted by Crippen LogP contribution is -2.35. The van der Waals surface area contributed by atoms with Crippen molar-refractivity contribution >= 4 is 27.5 Å². The minimum atomic E-state index is -4.83. The summed E-state index contributed by atoms with van der Waals surface area (Å²) in [5.74, 6) is -10.1. The van der Waals surface area contributed by atoms with Crippen molar-refractivity contribution in [1.82, 2.24) is 4.47 Å². The molecule has 0 aliphatic heterocycles. The molecule has 0 radical (unpaired) electrons. The normalized spacial score (nSPS) is 11.6. The maximum absolute atomic E-state index is 14.3. The average molecular weight is 444 g/mol. The summed E-state index contributed by atoms with van der Waals surface area (Å²) in [6.07, 6.45) is -0.300. The van der Waals surface area contributed by atoms with Crippen molar-refractivity contribution in [2.45, 2.75) is 18.2 Å². The van der Waals surface area contributed by atoms with Crippen LogP contribution in [0.1, 0.15) is 13.3 Å². The fourth-order valence-electron chi connectivity index (χ4n) is 2.28. The molecule has 152 valence electrons. The monoisotopic (exact) mass is 443 g/mol. The number of sulfonamides is 1. The predicted molar refractivity (Wildman–Crippen MR) is 88.0 cm³/mol. The van der Waals surface area contributed by atoms with Crippen molar-refractivity contribution in [1.29, 1.82) is 0 Å². The number of hydrogen-bond acceptors (Lipinski definition) is 4. The van der Waals surface area contributed by atoms with E-state index in [1.807, 2.05) is 0 Å². The molecule has 0 spiro atoms. The first-order valence-corrected chi connectivity index (χ1v) is 9.23. The topological polar surface area (TPSA) is 63.7 Å². The molecule has 0 saturated heterocycles. The lowest BCUT2D eigenvalue weighted by atomic mass is 10.0. The molecule has 0 N–H and O–H groups in total. The van der Waals surface area contributed by atoms with Crippen molar-refractivity contribution in [2.75, 3.05) is 7.11 Å². The van der Waals surface area contributed by atoms with Crippen LogP contribution in [0.25, 0.3) is 11.1 Å². The molecule has 0 saturated carbocycles. The number of benzene rings is 2. The van der Waals surface area contributed by atoms with Gasteiger partial charge in [-0.1, -0.05) is 18.5 Å². The number of hydrogen-bond donors (Lipinski definition) is 0. The first kappa shape index (κ1) is 22.1. The number of hydroxylamine groups is 1. The minimum Gasteiger partial charge on any atom is -0.271 e. The molecule has 1 amide bonds. The fourth-order valence-corrected chi connectivity index (χ4v) is 4.07. The standard InChI is InChI=1S/C16H11ClF5NO4S/c1-3-13(24)23(27-2)28(25,26)12-4-7(9(18)5-8(12)17)14-10(19)6-11(20)15(21)16(14)22/h4-6H,3H2,1-2H3. The van der Waals surface area contributed by atoms with Gasteiger partial charge in [0.15, 0.2) is 17.5 Å². The Bertz CT molecular complexity index is 1060. The van der Waals surface area contributed by atoms with Gasteiger partial charge in [0.2, 0.25) is 0 Å². The summed E-state index contributed by atoms with van der Waals surface area (Å²) in [7, 11) is -3.97. The van der Waals surface area contributed by atoms with Gasteiger partial charge in [0.25, 0.3) is 15.9 Å². The summed E-state index contributed by atoms with van der Waals surface area (Å²) >= 11 is 5.72. The van der Waals surface area contributed by atoms with Crippen molar-refractivity contribution in [3.05, 3.63) is 52.3 Å². The summed E-state index contributed by atoms with van der Waals surface area (Å²) in [5.41, 5.74) is -2.41. The highest BCUT2D eigenvalue weighted by atomic mass is 35.5. The quantitative estimate of drug-likeness (QED) is 0.301. The Balaban J connectivity index is 2.81. The second-order valence-electron chi connectivity index (χ2n) is 5.27. The zero-order valence-corrected chi connectivity index (χ0v) is 15.8. The van der Waals surface area contributed by atoms with Crippen molar-refractivity contribution in [2.24, 2.45) is 0 Å². The van der Waals surface area contributed by atoms with Crippen LogP contribution >= 0.6 is 11.6 Å². The molecule has 0 bridgehead atoms. The Morgan fingerprint density at radius 3 is 2.18 bits per heavy atom. The Labute approximate surface area is 161 Å². The molecular formula is C16H11ClF5NO4S. The minimum absolute atomic E-state index is 0.0297. The van der Waals surface area contributed by atoms with Crippen LogP contribution in [0.3, 0.4) is 0 Å². The number of rotatable bonds is 5. The third-order valence-electron chi connectivity index (χ3n) is 3.57. The van der Waals surface area contributed by atoms with Crippen molar-refractivity contribution in [3.63, 3.8) is 0 Å². The smallest absolute Gasteiger partial charge is 0.271 e. The Morgan fingerprint density at radius 2 is 1.64 bits per heavy atom. The average Bonchev–Trinajstić information content (AvgIpc) is 2.61. The van der Waals surface area contributed by atoms with Gasteiger partial charge in [-0.05, 0) is 12.1 Å². The van der Waals surface area contributed by atoms with Crippen LogP contribution in [0.5, 0.6) is 0 Å². The van der Waals surface area contributed by atoms with E-state index in [0.29, 0.717) is 12.1 Å². The molecule has 2 aromatic rings. The van der Waals surface area contributed by atoms with Gasteiger partial charge < -0.3 is 0 Å². The summed E-state index contributed by atoms with van der Waals surface area (Å²) in [4.78, 5) is 15.4. The third kappa shape index (κ3) is 3.69. The van der Waals surface area contributed by atoms with E-state index < -0.39 is 66.1 Å². The van der Waals surface area contributed by atoms with Gasteiger partial charge in [-0.15, -0.1) is 4.47 Å². The highest BCUT2D eigenvalue weighted by Gasteiger charge is 2.33. The first-order chi connectivity index (χ1) is 13.0. The van der Waals surface area contributed by atoms with E-state index in [9.17, 15) is 35.2 Å². The van der Waals surface area contributed by atoms with Crippen LogP contribution in [-0.4, -0.2) is 25.9 Å². The number of halogens is 6. The van der Waals surface area contributed by atoms with E-state index in [2.05, 4.69) is 4.84 Å². The molecule has 28 heavy (non-hydrogen) atoms. The number of amides is 1. The Hall–Kier alpha value is -2.24. The number of carbonyl (C=O) groups excluding carboxylic acids is 1. The second-order valence-corrected chi connectivity index (χ2v) is 7.40. The Morgan fingerprint density at radius 1 is 1.04 bits per heavy atom. The van der Waals surface area contributed by atoms with Crippen LogP contribution in [0.4, 0.5) is 22.0 Å². The molecule has 2 rings (SSSR count). The van der Waals surface area contributed by atoms with Gasteiger partial charge in [0.05, 0.1) is 17.7 Å².